The molecule has 1 fully saturated rings. The monoisotopic (exact) mass is 205 g/mol. The molecule has 3 heteroatoms. The summed E-state index contributed by atoms with van der Waals surface area (Å²) in [6, 6.07) is 7.22. The molecule has 0 unspecified atom stereocenters. The van der Waals surface area contributed by atoms with Gasteiger partial charge in [0.2, 0.25) is 0 Å². The minimum absolute atomic E-state index is 0.437. The first-order valence-electron chi connectivity index (χ1n) is 5.61. The maximum Gasteiger partial charge on any atom is 0.0416 e. The Morgan fingerprint density at radius 3 is 2.87 bits per heavy atom. The highest BCUT2D eigenvalue weighted by Crippen LogP contribution is 2.22. The Kier molecular flexibility index (Phi) is 3.34. The maximum atomic E-state index is 5.77. The Balaban J connectivity index is 1.74. The van der Waals surface area contributed by atoms with Gasteiger partial charge in [0.15, 0.2) is 0 Å². The Hall–Kier alpha value is -0.930. The first-order valence-corrected chi connectivity index (χ1v) is 5.61. The van der Waals surface area contributed by atoms with E-state index >= 15 is 0 Å². The molecule has 0 spiro atoms. The largest absolute Gasteiger partial charge is 0.328 e. The van der Waals surface area contributed by atoms with Crippen LogP contribution in [0.15, 0.2) is 24.4 Å². The Bertz CT molecular complexity index is 293. The van der Waals surface area contributed by atoms with Crippen molar-refractivity contribution in [2.24, 2.45) is 5.73 Å². The van der Waals surface area contributed by atoms with Crippen LogP contribution in [0.25, 0.3) is 0 Å². The molecule has 82 valence electrons. The molecule has 1 aliphatic carbocycles. The molecule has 0 aromatic carbocycles. The van der Waals surface area contributed by atoms with Crippen LogP contribution in [-0.2, 0) is 6.42 Å². The minimum atomic E-state index is 0.437. The predicted molar refractivity (Wildman–Crippen MR) is 61.6 cm³/mol. The third kappa shape index (κ3) is 2.76. The third-order valence-corrected chi connectivity index (χ3v) is 3.22. The lowest BCUT2D eigenvalue weighted by Crippen LogP contribution is -2.49. The number of nitrogens with zero attached hydrogens (tertiary/aromatic N) is 2. The number of aromatic nitrogens is 1. The average molecular weight is 205 g/mol. The highest BCUT2D eigenvalue weighted by Gasteiger charge is 2.28. The van der Waals surface area contributed by atoms with Gasteiger partial charge in [0.25, 0.3) is 0 Å². The van der Waals surface area contributed by atoms with Gasteiger partial charge in [-0.05, 0) is 32.0 Å². The van der Waals surface area contributed by atoms with E-state index in [4.69, 9.17) is 5.73 Å². The second-order valence-electron chi connectivity index (χ2n) is 4.44. The van der Waals surface area contributed by atoms with E-state index in [0.717, 1.165) is 25.8 Å². The van der Waals surface area contributed by atoms with Crippen LogP contribution < -0.4 is 5.73 Å². The van der Waals surface area contributed by atoms with Crippen molar-refractivity contribution in [3.05, 3.63) is 30.1 Å². The summed E-state index contributed by atoms with van der Waals surface area (Å²) in [5, 5.41) is 0. The lowest BCUT2D eigenvalue weighted by Gasteiger charge is -2.39. The minimum Gasteiger partial charge on any atom is -0.328 e. The summed E-state index contributed by atoms with van der Waals surface area (Å²) in [4.78, 5) is 6.72. The van der Waals surface area contributed by atoms with Crippen LogP contribution in [0.2, 0.25) is 0 Å². The normalized spacial score (nSPS) is 25.3. The lowest BCUT2D eigenvalue weighted by atomic mass is 9.86. The van der Waals surface area contributed by atoms with E-state index in [9.17, 15) is 0 Å². The number of hydrogen-bond acceptors (Lipinski definition) is 3. The van der Waals surface area contributed by atoms with Crippen molar-refractivity contribution < 1.29 is 0 Å². The highest BCUT2D eigenvalue weighted by molar-refractivity contribution is 5.04. The van der Waals surface area contributed by atoms with Gasteiger partial charge >= 0.3 is 0 Å². The van der Waals surface area contributed by atoms with Gasteiger partial charge in [0.05, 0.1) is 0 Å². The fraction of sp³-hybridized carbons (Fsp3) is 0.583. The summed E-state index contributed by atoms with van der Waals surface area (Å²) in [5.74, 6) is 0. The molecule has 2 rings (SSSR count). The van der Waals surface area contributed by atoms with Crippen LogP contribution in [0.4, 0.5) is 0 Å². The predicted octanol–water partition coefficient (Wildman–Crippen LogP) is 1.05. The molecule has 0 saturated heterocycles. The second kappa shape index (κ2) is 4.73. The number of likely N-dealkylation sites (N-methyl/N-ethyl adjacent to an activating group) is 1. The molecule has 0 bridgehead atoms. The van der Waals surface area contributed by atoms with E-state index in [2.05, 4.69) is 23.0 Å². The molecule has 2 N–H and O–H groups in total. The first kappa shape index (κ1) is 10.6. The van der Waals surface area contributed by atoms with Crippen molar-refractivity contribution >= 4 is 0 Å². The van der Waals surface area contributed by atoms with Gasteiger partial charge in [-0.3, -0.25) is 4.98 Å². The number of nitrogens with two attached hydrogens (primary N) is 1. The third-order valence-electron chi connectivity index (χ3n) is 3.22. The number of hydrogen-bond donors (Lipinski definition) is 1. The van der Waals surface area contributed by atoms with Crippen LogP contribution in [0.1, 0.15) is 18.5 Å². The Morgan fingerprint density at radius 1 is 1.47 bits per heavy atom. The molecule has 0 radical (unpaired) electrons. The summed E-state index contributed by atoms with van der Waals surface area (Å²) >= 11 is 0. The van der Waals surface area contributed by atoms with Gasteiger partial charge < -0.3 is 10.6 Å². The smallest absolute Gasteiger partial charge is 0.0416 e. The summed E-state index contributed by atoms with van der Waals surface area (Å²) < 4.78 is 0. The van der Waals surface area contributed by atoms with E-state index < -0.39 is 0 Å². The molecular formula is C12H19N3. The van der Waals surface area contributed by atoms with Crippen molar-refractivity contribution in [2.45, 2.75) is 31.3 Å². The maximum absolute atomic E-state index is 5.77. The van der Waals surface area contributed by atoms with Gasteiger partial charge in [-0.25, -0.2) is 0 Å². The zero-order chi connectivity index (χ0) is 10.7. The fourth-order valence-electron chi connectivity index (χ4n) is 2.01. The van der Waals surface area contributed by atoms with E-state index in [0.29, 0.717) is 12.1 Å². The van der Waals surface area contributed by atoms with Crippen molar-refractivity contribution in [1.82, 2.24) is 9.88 Å². The van der Waals surface area contributed by atoms with Crippen molar-refractivity contribution in [1.29, 1.82) is 0 Å². The van der Waals surface area contributed by atoms with Crippen LogP contribution in [0, 0.1) is 0 Å². The lowest BCUT2D eigenvalue weighted by molar-refractivity contribution is 0.140. The molecule has 1 saturated carbocycles. The molecule has 0 atom stereocenters. The summed E-state index contributed by atoms with van der Waals surface area (Å²) in [6.45, 7) is 1.08. The van der Waals surface area contributed by atoms with Gasteiger partial charge in [-0.15, -0.1) is 0 Å². The van der Waals surface area contributed by atoms with Crippen LogP contribution >= 0.6 is 0 Å². The fourth-order valence-corrected chi connectivity index (χ4v) is 2.01. The molecule has 1 heterocycles. The first-order chi connectivity index (χ1) is 7.25. The highest BCUT2D eigenvalue weighted by atomic mass is 15.1. The SMILES string of the molecule is CN(CCc1ccccn1)C1CC(N)C1. The zero-order valence-electron chi connectivity index (χ0n) is 9.26. The number of rotatable bonds is 4. The van der Waals surface area contributed by atoms with Crippen LogP contribution in [0.3, 0.4) is 0 Å². The molecule has 3 nitrogen and oxygen atoms in total. The number of pyridine rings is 1. The van der Waals surface area contributed by atoms with Gasteiger partial charge in [0.1, 0.15) is 0 Å². The molecule has 15 heavy (non-hydrogen) atoms. The van der Waals surface area contributed by atoms with Crippen molar-refractivity contribution in [2.75, 3.05) is 13.6 Å². The summed E-state index contributed by atoms with van der Waals surface area (Å²) in [5.41, 5.74) is 6.95. The zero-order valence-corrected chi connectivity index (χ0v) is 9.26. The van der Waals surface area contributed by atoms with Gasteiger partial charge in [-0.1, -0.05) is 6.07 Å². The van der Waals surface area contributed by atoms with Gasteiger partial charge in [-0.2, -0.15) is 0 Å². The standard InChI is InChI=1S/C12H19N3/c1-15(12-8-10(13)9-12)7-5-11-4-2-3-6-14-11/h2-4,6,10,12H,5,7-9,13H2,1H3. The average Bonchev–Trinajstić information content (AvgIpc) is 2.23. The van der Waals surface area contributed by atoms with E-state index in [1.54, 1.807) is 0 Å². The summed E-state index contributed by atoms with van der Waals surface area (Å²) in [6.07, 6.45) is 5.19. The molecular weight excluding hydrogens is 186 g/mol. The Morgan fingerprint density at radius 2 is 2.27 bits per heavy atom. The molecule has 1 aromatic rings. The quantitative estimate of drug-likeness (QED) is 0.798. The Labute approximate surface area is 91.3 Å². The molecule has 0 amide bonds. The molecule has 1 aliphatic rings. The van der Waals surface area contributed by atoms with Crippen LogP contribution in [-0.4, -0.2) is 35.6 Å². The van der Waals surface area contributed by atoms with E-state index in [1.807, 2.05) is 18.3 Å². The van der Waals surface area contributed by atoms with Crippen molar-refractivity contribution in [3.63, 3.8) is 0 Å². The summed E-state index contributed by atoms with van der Waals surface area (Å²) in [7, 11) is 2.18. The van der Waals surface area contributed by atoms with Crippen molar-refractivity contribution in [3.8, 4) is 0 Å². The molecule has 1 aromatic heterocycles. The van der Waals surface area contributed by atoms with E-state index in [-0.39, 0.29) is 0 Å². The molecule has 0 aliphatic heterocycles. The second-order valence-corrected chi connectivity index (χ2v) is 4.44. The topological polar surface area (TPSA) is 42.2 Å². The van der Waals surface area contributed by atoms with Gasteiger partial charge in [0, 0.05) is 36.9 Å². The van der Waals surface area contributed by atoms with E-state index in [1.165, 1.54) is 5.69 Å². The van der Waals surface area contributed by atoms with Crippen LogP contribution in [0.5, 0.6) is 0 Å².